The molecule has 1 aromatic carbocycles. The third kappa shape index (κ3) is 2.92. The van der Waals surface area contributed by atoms with Crippen LogP contribution in [0.5, 0.6) is 0 Å². The molecule has 0 saturated heterocycles. The van der Waals surface area contributed by atoms with Crippen LogP contribution in [0, 0.1) is 0 Å². The maximum atomic E-state index is 10.7. The molecule has 0 radical (unpaired) electrons. The number of nitrogens with zero attached hydrogens (tertiary/aromatic N) is 4. The van der Waals surface area contributed by atoms with Crippen molar-refractivity contribution in [3.05, 3.63) is 67.0 Å². The Morgan fingerprint density at radius 2 is 1.40 bits per heavy atom. The maximum Gasteiger partial charge on any atom is 0.211 e. The number of pyridine rings is 2. The zero-order chi connectivity index (χ0) is 17.1. The Morgan fingerprint density at radius 3 is 1.96 bits per heavy atom. The maximum absolute atomic E-state index is 10.7. The predicted molar refractivity (Wildman–Crippen MR) is 95.7 cm³/mol. The molecule has 3 aromatic heterocycles. The van der Waals surface area contributed by atoms with Crippen LogP contribution in [0.2, 0.25) is 0 Å². The van der Waals surface area contributed by atoms with Crippen molar-refractivity contribution < 1.29 is 4.79 Å². The second kappa shape index (κ2) is 6.45. The van der Waals surface area contributed by atoms with Crippen molar-refractivity contribution >= 4 is 23.1 Å². The van der Waals surface area contributed by atoms with Crippen molar-refractivity contribution in [1.82, 2.24) is 19.9 Å². The van der Waals surface area contributed by atoms with Gasteiger partial charge in [0, 0.05) is 18.1 Å². The minimum atomic E-state index is 0.635. The Balaban J connectivity index is 1.98. The summed E-state index contributed by atoms with van der Waals surface area (Å²) in [5.41, 5.74) is 4.82. The van der Waals surface area contributed by atoms with E-state index in [1.807, 2.05) is 42.5 Å². The second-order valence-corrected chi connectivity index (χ2v) is 5.32. The Hall–Kier alpha value is -3.67. The smallest absolute Gasteiger partial charge is 0.211 e. The zero-order valence-electron chi connectivity index (χ0n) is 13.1. The number of carbonyl (C=O) groups is 1. The largest absolute Gasteiger partial charge is 0.329 e. The molecule has 3 heterocycles. The molecule has 0 fully saturated rings. The van der Waals surface area contributed by atoms with E-state index >= 15 is 0 Å². The Morgan fingerprint density at radius 1 is 0.760 bits per heavy atom. The fourth-order valence-corrected chi connectivity index (χ4v) is 2.58. The van der Waals surface area contributed by atoms with E-state index in [0.717, 1.165) is 11.2 Å². The first-order valence-corrected chi connectivity index (χ1v) is 7.70. The summed E-state index contributed by atoms with van der Waals surface area (Å²) in [4.78, 5) is 29.0. The highest BCUT2D eigenvalue weighted by molar-refractivity contribution is 5.87. The number of amides is 1. The van der Waals surface area contributed by atoms with Gasteiger partial charge in [-0.25, -0.2) is 9.97 Å². The number of hydrogen-bond acceptors (Lipinski definition) is 5. The predicted octanol–water partition coefficient (Wildman–Crippen LogP) is 3.32. The summed E-state index contributed by atoms with van der Waals surface area (Å²) in [5.74, 6) is 0. The third-order valence-corrected chi connectivity index (χ3v) is 3.70. The van der Waals surface area contributed by atoms with E-state index in [0.29, 0.717) is 34.7 Å². The lowest BCUT2D eigenvalue weighted by Crippen LogP contribution is -1.99. The molecule has 0 aliphatic carbocycles. The molecular formula is C19H13N5O. The van der Waals surface area contributed by atoms with Gasteiger partial charge in [0.05, 0.1) is 22.4 Å². The average molecular weight is 327 g/mol. The Labute approximate surface area is 143 Å². The van der Waals surface area contributed by atoms with Gasteiger partial charge in [-0.15, -0.1) is 0 Å². The first-order chi connectivity index (χ1) is 12.3. The molecule has 0 saturated carbocycles. The van der Waals surface area contributed by atoms with Crippen molar-refractivity contribution in [1.29, 1.82) is 0 Å². The number of aromatic nitrogens is 4. The molecule has 4 rings (SSSR count). The van der Waals surface area contributed by atoms with Gasteiger partial charge < -0.3 is 5.32 Å². The zero-order valence-corrected chi connectivity index (χ0v) is 13.1. The first-order valence-electron chi connectivity index (χ1n) is 7.70. The number of fused-ring (bicyclic) bond motifs is 1. The van der Waals surface area contributed by atoms with Crippen LogP contribution in [-0.4, -0.2) is 26.3 Å². The van der Waals surface area contributed by atoms with Crippen molar-refractivity contribution in [2.24, 2.45) is 0 Å². The standard InChI is InChI=1S/C19H13N5O/c25-12-22-13-7-8-14-17(11-13)24-19(16-6-2-4-10-21-16)18(23-14)15-5-1-3-9-20-15/h1-12H,(H,22,25). The number of rotatable bonds is 4. The van der Waals surface area contributed by atoms with Gasteiger partial charge in [0.1, 0.15) is 11.4 Å². The molecule has 120 valence electrons. The first kappa shape index (κ1) is 14.9. The van der Waals surface area contributed by atoms with Gasteiger partial charge in [0.25, 0.3) is 0 Å². The number of carbonyl (C=O) groups excluding carboxylic acids is 1. The van der Waals surface area contributed by atoms with Crippen LogP contribution >= 0.6 is 0 Å². The Kier molecular flexibility index (Phi) is 3.84. The quantitative estimate of drug-likeness (QED) is 0.582. The molecule has 0 aliphatic rings. The van der Waals surface area contributed by atoms with Crippen LogP contribution in [0.15, 0.2) is 67.0 Å². The van der Waals surface area contributed by atoms with Crippen LogP contribution in [-0.2, 0) is 4.79 Å². The lowest BCUT2D eigenvalue weighted by Gasteiger charge is -2.10. The van der Waals surface area contributed by atoms with Crippen LogP contribution in [0.4, 0.5) is 5.69 Å². The molecule has 6 heteroatoms. The second-order valence-electron chi connectivity index (χ2n) is 5.32. The molecule has 25 heavy (non-hydrogen) atoms. The minimum absolute atomic E-state index is 0.635. The summed E-state index contributed by atoms with van der Waals surface area (Å²) in [6, 6.07) is 16.7. The van der Waals surface area contributed by atoms with Gasteiger partial charge in [0.2, 0.25) is 6.41 Å². The average Bonchev–Trinajstić information content (AvgIpc) is 2.68. The van der Waals surface area contributed by atoms with Crippen molar-refractivity contribution in [2.75, 3.05) is 5.32 Å². The summed E-state index contributed by atoms with van der Waals surface area (Å²) in [6.45, 7) is 0. The monoisotopic (exact) mass is 327 g/mol. The fraction of sp³-hybridized carbons (Fsp3) is 0. The van der Waals surface area contributed by atoms with E-state index in [1.54, 1.807) is 24.5 Å². The highest BCUT2D eigenvalue weighted by Gasteiger charge is 2.15. The molecule has 6 nitrogen and oxygen atoms in total. The summed E-state index contributed by atoms with van der Waals surface area (Å²) < 4.78 is 0. The van der Waals surface area contributed by atoms with Crippen molar-refractivity contribution in [3.8, 4) is 22.8 Å². The topological polar surface area (TPSA) is 80.7 Å². The number of nitrogens with one attached hydrogen (secondary N) is 1. The molecule has 0 unspecified atom stereocenters. The lowest BCUT2D eigenvalue weighted by molar-refractivity contribution is -0.105. The van der Waals surface area contributed by atoms with Gasteiger partial charge in [-0.1, -0.05) is 12.1 Å². The van der Waals surface area contributed by atoms with Crippen molar-refractivity contribution in [2.45, 2.75) is 0 Å². The number of benzene rings is 1. The molecule has 4 aromatic rings. The third-order valence-electron chi connectivity index (χ3n) is 3.70. The summed E-state index contributed by atoms with van der Waals surface area (Å²) in [5, 5.41) is 2.63. The summed E-state index contributed by atoms with van der Waals surface area (Å²) in [6.07, 6.45) is 4.07. The number of anilines is 1. The molecule has 1 N–H and O–H groups in total. The Bertz CT molecular complexity index is 1040. The number of hydrogen-bond donors (Lipinski definition) is 1. The van der Waals surface area contributed by atoms with E-state index in [2.05, 4.69) is 15.3 Å². The van der Waals surface area contributed by atoms with Gasteiger partial charge in [0.15, 0.2) is 0 Å². The summed E-state index contributed by atoms with van der Waals surface area (Å²) >= 11 is 0. The van der Waals surface area contributed by atoms with E-state index < -0.39 is 0 Å². The summed E-state index contributed by atoms with van der Waals surface area (Å²) in [7, 11) is 0. The molecule has 0 spiro atoms. The van der Waals surface area contributed by atoms with Gasteiger partial charge >= 0.3 is 0 Å². The van der Waals surface area contributed by atoms with Gasteiger partial charge in [-0.05, 0) is 42.5 Å². The van der Waals surface area contributed by atoms with Crippen LogP contribution < -0.4 is 5.32 Å². The molecular weight excluding hydrogens is 314 g/mol. The highest BCUT2D eigenvalue weighted by atomic mass is 16.1. The van der Waals surface area contributed by atoms with Crippen LogP contribution in [0.25, 0.3) is 33.8 Å². The van der Waals surface area contributed by atoms with E-state index in [4.69, 9.17) is 9.97 Å². The van der Waals surface area contributed by atoms with Crippen LogP contribution in [0.3, 0.4) is 0 Å². The SMILES string of the molecule is O=CNc1ccc2nc(-c3ccccn3)c(-c3ccccn3)nc2c1. The fourth-order valence-electron chi connectivity index (χ4n) is 2.58. The normalized spacial score (nSPS) is 10.6. The highest BCUT2D eigenvalue weighted by Crippen LogP contribution is 2.29. The van der Waals surface area contributed by atoms with E-state index in [9.17, 15) is 4.79 Å². The minimum Gasteiger partial charge on any atom is -0.329 e. The van der Waals surface area contributed by atoms with Gasteiger partial charge in [-0.2, -0.15) is 0 Å². The molecule has 0 bridgehead atoms. The van der Waals surface area contributed by atoms with Crippen molar-refractivity contribution in [3.63, 3.8) is 0 Å². The molecule has 0 atom stereocenters. The van der Waals surface area contributed by atoms with E-state index in [1.165, 1.54) is 0 Å². The lowest BCUT2D eigenvalue weighted by atomic mass is 10.1. The molecule has 0 aliphatic heterocycles. The van der Waals surface area contributed by atoms with Gasteiger partial charge in [-0.3, -0.25) is 14.8 Å². The van der Waals surface area contributed by atoms with E-state index in [-0.39, 0.29) is 0 Å². The van der Waals surface area contributed by atoms with Crippen LogP contribution in [0.1, 0.15) is 0 Å². The molecule has 1 amide bonds.